The van der Waals surface area contributed by atoms with E-state index in [2.05, 4.69) is 28.6 Å². The predicted octanol–water partition coefficient (Wildman–Crippen LogP) is 2.62. The summed E-state index contributed by atoms with van der Waals surface area (Å²) in [5.74, 6) is 0.281. The van der Waals surface area contributed by atoms with Crippen LogP contribution in [0, 0.1) is 0 Å². The molecule has 1 unspecified atom stereocenters. The molecule has 1 N–H and O–H groups in total. The van der Waals surface area contributed by atoms with Crippen molar-refractivity contribution < 1.29 is 4.79 Å². The number of fused-ring (bicyclic) bond motifs is 1. The van der Waals surface area contributed by atoms with Gasteiger partial charge in [-0.15, -0.1) is 23.7 Å². The molecule has 5 heteroatoms. The maximum Gasteiger partial charge on any atom is 0.224 e. The van der Waals surface area contributed by atoms with Gasteiger partial charge in [0.2, 0.25) is 5.91 Å². The average Bonchev–Trinajstić information content (AvgIpc) is 2.82. The summed E-state index contributed by atoms with van der Waals surface area (Å²) in [6.45, 7) is 3.81. The zero-order valence-electron chi connectivity index (χ0n) is 10.9. The van der Waals surface area contributed by atoms with Gasteiger partial charge in [-0.2, -0.15) is 0 Å². The van der Waals surface area contributed by atoms with Gasteiger partial charge in [-0.1, -0.05) is 6.92 Å². The number of hydrogen-bond acceptors (Lipinski definition) is 3. The van der Waals surface area contributed by atoms with Crippen molar-refractivity contribution in [2.75, 3.05) is 20.1 Å². The molecule has 1 aliphatic heterocycles. The molecule has 0 radical (unpaired) electrons. The van der Waals surface area contributed by atoms with Crippen LogP contribution in [0.4, 0.5) is 0 Å². The average molecular weight is 289 g/mol. The van der Waals surface area contributed by atoms with Crippen molar-refractivity contribution >= 4 is 29.7 Å². The van der Waals surface area contributed by atoms with Crippen molar-refractivity contribution in [1.29, 1.82) is 0 Å². The van der Waals surface area contributed by atoms with Gasteiger partial charge in [-0.05, 0) is 36.9 Å². The van der Waals surface area contributed by atoms with Gasteiger partial charge in [0.05, 0.1) is 6.04 Å². The van der Waals surface area contributed by atoms with Crippen molar-refractivity contribution in [2.24, 2.45) is 0 Å². The molecular weight excluding hydrogens is 268 g/mol. The molecule has 3 nitrogen and oxygen atoms in total. The summed E-state index contributed by atoms with van der Waals surface area (Å²) in [7, 11) is 1.89. The molecule has 0 saturated carbocycles. The van der Waals surface area contributed by atoms with Crippen molar-refractivity contribution in [1.82, 2.24) is 10.2 Å². The summed E-state index contributed by atoms with van der Waals surface area (Å²) in [6, 6.07) is 2.49. The van der Waals surface area contributed by atoms with Crippen LogP contribution in [0.5, 0.6) is 0 Å². The lowest BCUT2D eigenvalue weighted by molar-refractivity contribution is -0.134. The Labute approximate surface area is 119 Å². The first-order valence-corrected chi connectivity index (χ1v) is 7.16. The second kappa shape index (κ2) is 7.12. The van der Waals surface area contributed by atoms with Crippen LogP contribution in [-0.2, 0) is 11.2 Å². The number of amides is 1. The Morgan fingerprint density at radius 1 is 1.61 bits per heavy atom. The molecule has 1 aromatic heterocycles. The minimum Gasteiger partial charge on any atom is -0.335 e. The van der Waals surface area contributed by atoms with E-state index >= 15 is 0 Å². The summed E-state index contributed by atoms with van der Waals surface area (Å²) in [4.78, 5) is 15.7. The third-order valence-electron chi connectivity index (χ3n) is 3.39. The molecule has 0 spiro atoms. The van der Waals surface area contributed by atoms with Crippen LogP contribution in [0.2, 0.25) is 0 Å². The molecule has 1 atom stereocenters. The van der Waals surface area contributed by atoms with E-state index in [1.807, 2.05) is 18.4 Å². The van der Waals surface area contributed by atoms with Gasteiger partial charge in [0, 0.05) is 24.4 Å². The van der Waals surface area contributed by atoms with E-state index in [9.17, 15) is 4.79 Å². The molecule has 0 fully saturated rings. The van der Waals surface area contributed by atoms with Gasteiger partial charge in [-0.25, -0.2) is 0 Å². The minimum absolute atomic E-state index is 0. The van der Waals surface area contributed by atoms with E-state index in [1.54, 1.807) is 0 Å². The highest BCUT2D eigenvalue weighted by Gasteiger charge is 2.29. The number of carbonyl (C=O) groups is 1. The second-order valence-electron chi connectivity index (χ2n) is 4.41. The Morgan fingerprint density at radius 2 is 2.39 bits per heavy atom. The Hall–Kier alpha value is -0.580. The predicted molar refractivity (Wildman–Crippen MR) is 78.6 cm³/mol. The molecule has 1 aliphatic rings. The summed E-state index contributed by atoms with van der Waals surface area (Å²) < 4.78 is 0. The van der Waals surface area contributed by atoms with Crippen LogP contribution in [0.3, 0.4) is 0 Å². The van der Waals surface area contributed by atoms with Crippen molar-refractivity contribution in [3.8, 4) is 0 Å². The number of thiophene rings is 1. The third-order valence-corrected chi connectivity index (χ3v) is 4.39. The first-order chi connectivity index (χ1) is 8.27. The van der Waals surface area contributed by atoms with Crippen molar-refractivity contribution in [3.05, 3.63) is 21.9 Å². The summed E-state index contributed by atoms with van der Waals surface area (Å²) in [5, 5.41) is 5.19. The van der Waals surface area contributed by atoms with E-state index < -0.39 is 0 Å². The molecule has 0 bridgehead atoms. The SMILES string of the molecule is CCC1c2ccsc2CCN1C(=O)CCNC.Cl. The van der Waals surface area contributed by atoms with Crippen LogP contribution < -0.4 is 5.32 Å². The number of rotatable bonds is 4. The van der Waals surface area contributed by atoms with Gasteiger partial charge >= 0.3 is 0 Å². The monoisotopic (exact) mass is 288 g/mol. The minimum atomic E-state index is 0. The number of carbonyl (C=O) groups excluding carboxylic acids is 1. The molecule has 102 valence electrons. The first kappa shape index (κ1) is 15.5. The number of halogens is 1. The van der Waals surface area contributed by atoms with E-state index in [0.717, 1.165) is 25.9 Å². The highest BCUT2D eigenvalue weighted by molar-refractivity contribution is 7.10. The van der Waals surface area contributed by atoms with E-state index in [1.165, 1.54) is 10.4 Å². The molecule has 1 aromatic rings. The van der Waals surface area contributed by atoms with Gasteiger partial charge < -0.3 is 10.2 Å². The van der Waals surface area contributed by atoms with Crippen LogP contribution in [0.1, 0.15) is 36.2 Å². The summed E-state index contributed by atoms with van der Waals surface area (Å²) in [6.07, 6.45) is 2.64. The lowest BCUT2D eigenvalue weighted by Crippen LogP contribution is -2.40. The molecule has 0 saturated heterocycles. The van der Waals surface area contributed by atoms with Crippen molar-refractivity contribution in [3.63, 3.8) is 0 Å². The number of nitrogens with one attached hydrogen (secondary N) is 1. The zero-order valence-corrected chi connectivity index (χ0v) is 12.6. The quantitative estimate of drug-likeness (QED) is 0.924. The largest absolute Gasteiger partial charge is 0.335 e. The molecular formula is C13H21ClN2OS. The van der Waals surface area contributed by atoms with E-state index in [0.29, 0.717) is 12.5 Å². The zero-order chi connectivity index (χ0) is 12.3. The van der Waals surface area contributed by atoms with Crippen molar-refractivity contribution in [2.45, 2.75) is 32.2 Å². The molecule has 2 rings (SSSR count). The number of hydrogen-bond donors (Lipinski definition) is 1. The van der Waals surface area contributed by atoms with Gasteiger partial charge in [-0.3, -0.25) is 4.79 Å². The summed E-state index contributed by atoms with van der Waals surface area (Å²) >= 11 is 1.83. The molecule has 18 heavy (non-hydrogen) atoms. The fraction of sp³-hybridized carbons (Fsp3) is 0.615. The van der Waals surface area contributed by atoms with E-state index in [4.69, 9.17) is 0 Å². The van der Waals surface area contributed by atoms with Gasteiger partial charge in [0.15, 0.2) is 0 Å². The Kier molecular flexibility index (Phi) is 6.12. The standard InChI is InChI=1S/C13H20N2OS.ClH/c1-3-11-10-6-9-17-12(10)5-8-15(11)13(16)4-7-14-2;/h6,9,11,14H,3-5,7-8H2,1-2H3;1H. The first-order valence-electron chi connectivity index (χ1n) is 6.28. The third kappa shape index (κ3) is 3.05. The normalized spacial score (nSPS) is 18.1. The Bertz CT molecular complexity index is 394. The summed E-state index contributed by atoms with van der Waals surface area (Å²) in [5.41, 5.74) is 1.38. The highest BCUT2D eigenvalue weighted by Crippen LogP contribution is 2.35. The van der Waals surface area contributed by atoms with Crippen LogP contribution in [-0.4, -0.2) is 30.9 Å². The maximum atomic E-state index is 12.1. The topological polar surface area (TPSA) is 32.3 Å². The van der Waals surface area contributed by atoms with Gasteiger partial charge in [0.25, 0.3) is 0 Å². The molecule has 0 aliphatic carbocycles. The Balaban J connectivity index is 0.00000162. The second-order valence-corrected chi connectivity index (χ2v) is 5.41. The Morgan fingerprint density at radius 3 is 3.06 bits per heavy atom. The number of nitrogens with zero attached hydrogens (tertiary/aromatic N) is 1. The molecule has 0 aromatic carbocycles. The smallest absolute Gasteiger partial charge is 0.224 e. The highest BCUT2D eigenvalue weighted by atomic mass is 35.5. The lowest BCUT2D eigenvalue weighted by atomic mass is 9.97. The fourth-order valence-electron chi connectivity index (χ4n) is 2.51. The fourth-order valence-corrected chi connectivity index (χ4v) is 3.44. The van der Waals surface area contributed by atoms with E-state index in [-0.39, 0.29) is 18.3 Å². The van der Waals surface area contributed by atoms with Crippen LogP contribution in [0.15, 0.2) is 11.4 Å². The van der Waals surface area contributed by atoms with Crippen LogP contribution in [0.25, 0.3) is 0 Å². The lowest BCUT2D eigenvalue weighted by Gasteiger charge is -2.35. The maximum absolute atomic E-state index is 12.1. The molecule has 2 heterocycles. The van der Waals surface area contributed by atoms with Gasteiger partial charge in [0.1, 0.15) is 0 Å². The van der Waals surface area contributed by atoms with Crippen LogP contribution >= 0.6 is 23.7 Å². The molecule has 1 amide bonds.